The van der Waals surface area contributed by atoms with Gasteiger partial charge in [0, 0.05) is 35.5 Å². The number of carbonyl (C=O) groups is 1. The summed E-state index contributed by atoms with van der Waals surface area (Å²) < 4.78 is 5.67. The standard InChI is InChI=1S/C22H26N4O3.CH4O/c1-2-21(28)26-15-7-13(8-16(26)12-29-11-15)19-10-14(22(24)25-19)9-18(23)17-5-3-4-6-20(17)27;1-2/h2-6,9-10,13,15-16,25,27H,1,7-8,11-12,23-24H2;2H,1H3/b18-9-;. The van der Waals surface area contributed by atoms with Crippen LogP contribution >= 0.6 is 0 Å². The average molecular weight is 427 g/mol. The fourth-order valence-electron chi connectivity index (χ4n) is 4.45. The van der Waals surface area contributed by atoms with Gasteiger partial charge in [-0.1, -0.05) is 18.7 Å². The molecule has 2 atom stereocenters. The van der Waals surface area contributed by atoms with Gasteiger partial charge in [0.25, 0.3) is 0 Å². The minimum Gasteiger partial charge on any atom is -0.507 e. The summed E-state index contributed by atoms with van der Waals surface area (Å²) in [4.78, 5) is 17.4. The summed E-state index contributed by atoms with van der Waals surface area (Å²) in [7, 11) is 1.00. The van der Waals surface area contributed by atoms with Crippen LogP contribution in [0.4, 0.5) is 5.82 Å². The largest absolute Gasteiger partial charge is 0.507 e. The summed E-state index contributed by atoms with van der Waals surface area (Å²) in [6.07, 6.45) is 4.75. The first-order chi connectivity index (χ1) is 15.0. The van der Waals surface area contributed by atoms with E-state index in [9.17, 15) is 9.90 Å². The summed E-state index contributed by atoms with van der Waals surface area (Å²) >= 11 is 0. The van der Waals surface area contributed by atoms with Crippen LogP contribution < -0.4 is 11.5 Å². The number of nitrogen functional groups attached to an aromatic ring is 1. The van der Waals surface area contributed by atoms with E-state index in [1.165, 1.54) is 6.08 Å². The van der Waals surface area contributed by atoms with Crippen molar-refractivity contribution >= 4 is 23.5 Å². The summed E-state index contributed by atoms with van der Waals surface area (Å²) in [6.45, 7) is 4.70. The normalized spacial score (nSPS) is 23.0. The van der Waals surface area contributed by atoms with E-state index in [1.54, 1.807) is 24.3 Å². The number of carbonyl (C=O) groups excluding carboxylic acids is 1. The minimum absolute atomic E-state index is 0.0350. The molecule has 0 spiro atoms. The first kappa shape index (κ1) is 22.5. The Morgan fingerprint density at radius 3 is 2.52 bits per heavy atom. The van der Waals surface area contributed by atoms with Crippen molar-refractivity contribution in [2.45, 2.75) is 30.8 Å². The molecule has 1 aromatic heterocycles. The zero-order valence-corrected chi connectivity index (χ0v) is 17.6. The highest BCUT2D eigenvalue weighted by Gasteiger charge is 2.41. The molecular weight excluding hydrogens is 396 g/mol. The molecule has 8 heteroatoms. The van der Waals surface area contributed by atoms with Crippen LogP contribution in [0.15, 0.2) is 43.0 Å². The summed E-state index contributed by atoms with van der Waals surface area (Å²) in [5.74, 6) is 0.873. The van der Waals surface area contributed by atoms with Gasteiger partial charge >= 0.3 is 0 Å². The number of morpholine rings is 1. The van der Waals surface area contributed by atoms with Crippen LogP contribution in [0.25, 0.3) is 11.8 Å². The smallest absolute Gasteiger partial charge is 0.246 e. The lowest BCUT2D eigenvalue weighted by molar-refractivity contribution is -0.146. The summed E-state index contributed by atoms with van der Waals surface area (Å²) in [5.41, 5.74) is 15.2. The molecule has 31 heavy (non-hydrogen) atoms. The number of hydrogen-bond donors (Lipinski definition) is 5. The number of rotatable bonds is 4. The highest BCUT2D eigenvalue weighted by Crippen LogP contribution is 2.38. The number of piperidine rings is 1. The van der Waals surface area contributed by atoms with E-state index >= 15 is 0 Å². The molecule has 2 aliphatic rings. The average Bonchev–Trinajstić information content (AvgIpc) is 3.14. The maximum atomic E-state index is 12.2. The van der Waals surface area contributed by atoms with Gasteiger partial charge in [-0.2, -0.15) is 0 Å². The van der Waals surface area contributed by atoms with Crippen molar-refractivity contribution in [3.8, 4) is 5.75 Å². The van der Waals surface area contributed by atoms with Crippen LogP contribution in [0.1, 0.15) is 35.6 Å². The molecule has 166 valence electrons. The molecule has 4 rings (SSSR count). The molecular formula is C23H30N4O4. The van der Waals surface area contributed by atoms with E-state index < -0.39 is 0 Å². The van der Waals surface area contributed by atoms with Crippen molar-refractivity contribution in [1.29, 1.82) is 0 Å². The van der Waals surface area contributed by atoms with Crippen LogP contribution in [0.2, 0.25) is 0 Å². The lowest BCUT2D eigenvalue weighted by atomic mass is 9.83. The number of hydrogen-bond acceptors (Lipinski definition) is 6. The molecule has 0 aliphatic carbocycles. The highest BCUT2D eigenvalue weighted by molar-refractivity contribution is 5.88. The molecule has 1 aromatic carbocycles. The number of anilines is 1. The fourth-order valence-corrected chi connectivity index (χ4v) is 4.45. The molecule has 2 aliphatic heterocycles. The first-order valence-electron chi connectivity index (χ1n) is 10.2. The fraction of sp³-hybridized carbons (Fsp3) is 0.348. The van der Waals surface area contributed by atoms with Crippen molar-refractivity contribution in [2.24, 2.45) is 5.73 Å². The van der Waals surface area contributed by atoms with Gasteiger partial charge in [0.15, 0.2) is 0 Å². The van der Waals surface area contributed by atoms with Gasteiger partial charge in [-0.15, -0.1) is 0 Å². The lowest BCUT2D eigenvalue weighted by Crippen LogP contribution is -2.58. The van der Waals surface area contributed by atoms with Gasteiger partial charge in [-0.25, -0.2) is 0 Å². The third kappa shape index (κ3) is 4.60. The molecule has 2 aromatic rings. The van der Waals surface area contributed by atoms with Gasteiger partial charge in [-0.3, -0.25) is 4.79 Å². The zero-order chi connectivity index (χ0) is 22.5. The SMILES string of the molecule is C=CC(=O)N1C2COCC1CC(c1cc(/C=C(\N)c3ccccc3O)c(N)[nH]1)C2.CO. The number of para-hydroxylation sites is 1. The molecule has 2 unspecified atom stereocenters. The predicted molar refractivity (Wildman–Crippen MR) is 121 cm³/mol. The second-order valence-electron chi connectivity index (χ2n) is 7.67. The Kier molecular flexibility index (Phi) is 7.04. The van der Waals surface area contributed by atoms with Gasteiger partial charge in [-0.05, 0) is 43.2 Å². The van der Waals surface area contributed by atoms with Crippen molar-refractivity contribution in [1.82, 2.24) is 9.88 Å². The van der Waals surface area contributed by atoms with Crippen molar-refractivity contribution in [2.75, 3.05) is 26.1 Å². The second kappa shape index (κ2) is 9.72. The number of ether oxygens (including phenoxy) is 1. The quantitative estimate of drug-likeness (QED) is 0.474. The van der Waals surface area contributed by atoms with Gasteiger partial charge in [0.2, 0.25) is 5.91 Å². The molecule has 2 saturated heterocycles. The Morgan fingerprint density at radius 1 is 1.26 bits per heavy atom. The predicted octanol–water partition coefficient (Wildman–Crippen LogP) is 2.03. The Hall–Kier alpha value is -3.23. The molecule has 1 amide bonds. The molecule has 0 radical (unpaired) electrons. The van der Waals surface area contributed by atoms with Crippen LogP contribution in [0.5, 0.6) is 5.75 Å². The third-order valence-electron chi connectivity index (χ3n) is 5.82. The second-order valence-corrected chi connectivity index (χ2v) is 7.67. The Morgan fingerprint density at radius 2 is 1.90 bits per heavy atom. The number of phenolic OH excluding ortho intramolecular Hbond substituents is 1. The maximum Gasteiger partial charge on any atom is 0.246 e. The van der Waals surface area contributed by atoms with Crippen molar-refractivity contribution in [3.63, 3.8) is 0 Å². The number of aromatic hydroxyl groups is 1. The number of amides is 1. The number of H-pyrrole nitrogens is 1. The van der Waals surface area contributed by atoms with E-state index in [-0.39, 0.29) is 29.7 Å². The number of aromatic amines is 1. The van der Waals surface area contributed by atoms with Crippen LogP contribution in [0, 0.1) is 0 Å². The van der Waals surface area contributed by atoms with Crippen molar-refractivity contribution < 1.29 is 19.7 Å². The lowest BCUT2D eigenvalue weighted by Gasteiger charge is -2.48. The van der Waals surface area contributed by atoms with E-state index in [4.69, 9.17) is 21.3 Å². The molecule has 2 bridgehead atoms. The number of nitrogens with one attached hydrogen (secondary N) is 1. The summed E-state index contributed by atoms with van der Waals surface area (Å²) in [5, 5.41) is 17.0. The topological polar surface area (TPSA) is 138 Å². The monoisotopic (exact) mass is 426 g/mol. The Balaban J connectivity index is 0.00000132. The zero-order valence-electron chi connectivity index (χ0n) is 17.6. The van der Waals surface area contributed by atoms with Gasteiger partial charge in [0.05, 0.1) is 25.3 Å². The number of nitrogens with zero attached hydrogens (tertiary/aromatic N) is 1. The third-order valence-corrected chi connectivity index (χ3v) is 5.82. The van der Waals surface area contributed by atoms with Crippen LogP contribution in [0.3, 0.4) is 0 Å². The van der Waals surface area contributed by atoms with Crippen LogP contribution in [-0.4, -0.2) is 58.4 Å². The van der Waals surface area contributed by atoms with E-state index in [0.717, 1.165) is 31.2 Å². The number of nitrogens with two attached hydrogens (primary N) is 2. The number of benzene rings is 1. The minimum atomic E-state index is -0.0354. The number of phenols is 1. The molecule has 2 fully saturated rings. The molecule has 0 saturated carbocycles. The maximum absolute atomic E-state index is 12.2. The molecule has 3 heterocycles. The van der Waals surface area contributed by atoms with Crippen molar-refractivity contribution in [3.05, 3.63) is 59.8 Å². The first-order valence-corrected chi connectivity index (χ1v) is 10.2. The molecule has 8 nitrogen and oxygen atoms in total. The number of fused-ring (bicyclic) bond motifs is 2. The number of aliphatic hydroxyl groups is 1. The van der Waals surface area contributed by atoms with Gasteiger partial charge < -0.3 is 36.3 Å². The van der Waals surface area contributed by atoms with E-state index in [1.807, 2.05) is 17.0 Å². The van der Waals surface area contributed by atoms with E-state index in [0.29, 0.717) is 30.3 Å². The molecule has 7 N–H and O–H groups in total. The van der Waals surface area contributed by atoms with E-state index in [2.05, 4.69) is 11.6 Å². The Labute approximate surface area is 181 Å². The summed E-state index contributed by atoms with van der Waals surface area (Å²) in [6, 6.07) is 9.01. The number of aliphatic hydroxyl groups excluding tert-OH is 1. The van der Waals surface area contributed by atoms with Gasteiger partial charge in [0.1, 0.15) is 11.6 Å². The number of aromatic nitrogens is 1. The Bertz CT molecular complexity index is 954. The van der Waals surface area contributed by atoms with Crippen LogP contribution in [-0.2, 0) is 9.53 Å². The highest BCUT2D eigenvalue weighted by atomic mass is 16.5.